The highest BCUT2D eigenvalue weighted by Gasteiger charge is 2.25. The molecule has 0 aliphatic rings. The molecule has 172 valence electrons. The maximum atomic E-state index is 8.73. The largest absolute Gasteiger partial charge is 0.386 e. The summed E-state index contributed by atoms with van der Waals surface area (Å²) in [6, 6.07) is 3.22. The van der Waals surface area contributed by atoms with Crippen LogP contribution in [-0.2, 0) is 0 Å². The second-order valence-corrected chi connectivity index (χ2v) is 8.01. The van der Waals surface area contributed by atoms with E-state index in [0.717, 1.165) is 0 Å². The molecule has 10 nitrogen and oxygen atoms in total. The summed E-state index contributed by atoms with van der Waals surface area (Å²) in [4.78, 5) is 0. The lowest BCUT2D eigenvalue weighted by Crippen LogP contribution is -2.38. The van der Waals surface area contributed by atoms with Crippen molar-refractivity contribution >= 4 is 36.5 Å². The van der Waals surface area contributed by atoms with Gasteiger partial charge in [-0.1, -0.05) is 27.7 Å². The third kappa shape index (κ3) is 13.8. The van der Waals surface area contributed by atoms with Gasteiger partial charge in [0.2, 0.25) is 0 Å². The Balaban J connectivity index is -0.000000211. The molecular weight excluding hydrogens is 427 g/mol. The smallest absolute Gasteiger partial charge is 0.159 e. The fraction of sp³-hybridized carbons (Fsp3) is 0.778. The van der Waals surface area contributed by atoms with E-state index >= 15 is 0 Å². The van der Waals surface area contributed by atoms with Crippen molar-refractivity contribution in [2.75, 3.05) is 0 Å². The van der Waals surface area contributed by atoms with E-state index in [2.05, 4.69) is 32.6 Å². The molecule has 0 aromatic heterocycles. The standard InChI is InChI=1S/C10H16N4.C8H18N6.2ClH/c1-7(2)9(5-11)13-14-10(6-12)8(3)4;1-7(2,5(9)10)13-14-8(3,4)6(11)12;;/h7-10H,1-4H3;1-4H3,(H3,9,10)(H3,11,12);2*1H. The summed E-state index contributed by atoms with van der Waals surface area (Å²) in [5.74, 6) is 0.131. The molecule has 2 unspecified atom stereocenters. The van der Waals surface area contributed by atoms with Gasteiger partial charge in [-0.25, -0.2) is 0 Å². The van der Waals surface area contributed by atoms with Gasteiger partial charge in [0.25, 0.3) is 0 Å². The highest BCUT2D eigenvalue weighted by molar-refractivity contribution is 5.87. The Hall–Kier alpha value is -2.30. The second kappa shape index (κ2) is 15.5. The Morgan fingerprint density at radius 1 is 0.733 bits per heavy atom. The first-order chi connectivity index (χ1) is 12.6. The molecule has 0 amide bonds. The summed E-state index contributed by atoms with van der Waals surface area (Å²) >= 11 is 0. The Labute approximate surface area is 192 Å². The molecule has 0 aliphatic heterocycles. The number of nitrogens with two attached hydrogens (primary N) is 2. The molecule has 0 spiro atoms. The van der Waals surface area contributed by atoms with Crippen molar-refractivity contribution in [1.82, 2.24) is 0 Å². The lowest BCUT2D eigenvalue weighted by atomic mass is 10.1. The third-order valence-electron chi connectivity index (χ3n) is 3.71. The van der Waals surface area contributed by atoms with Gasteiger partial charge in [0.1, 0.15) is 22.7 Å². The van der Waals surface area contributed by atoms with Gasteiger partial charge in [-0.15, -0.1) is 24.8 Å². The normalized spacial score (nSPS) is 13.3. The minimum Gasteiger partial charge on any atom is -0.386 e. The molecule has 0 radical (unpaired) electrons. The van der Waals surface area contributed by atoms with E-state index in [9.17, 15) is 0 Å². The Kier molecular flexibility index (Phi) is 18.2. The van der Waals surface area contributed by atoms with Gasteiger partial charge in [-0.3, -0.25) is 10.8 Å². The molecule has 0 bridgehead atoms. The monoisotopic (exact) mass is 462 g/mol. The van der Waals surface area contributed by atoms with Crippen LogP contribution >= 0.6 is 24.8 Å². The van der Waals surface area contributed by atoms with Crippen LogP contribution in [0.15, 0.2) is 20.5 Å². The van der Waals surface area contributed by atoms with E-state index in [0.29, 0.717) is 0 Å². The molecule has 0 heterocycles. The number of azo groups is 2. The van der Waals surface area contributed by atoms with Crippen LogP contribution in [0.3, 0.4) is 0 Å². The van der Waals surface area contributed by atoms with Crippen LogP contribution in [0.25, 0.3) is 0 Å². The molecule has 2 atom stereocenters. The molecule has 0 fully saturated rings. The predicted molar refractivity (Wildman–Crippen MR) is 125 cm³/mol. The lowest BCUT2D eigenvalue weighted by Gasteiger charge is -2.20. The average Bonchev–Trinajstić information content (AvgIpc) is 2.57. The van der Waals surface area contributed by atoms with Crippen molar-refractivity contribution in [3.63, 3.8) is 0 Å². The Bertz CT molecular complexity index is 613. The summed E-state index contributed by atoms with van der Waals surface area (Å²) in [6.45, 7) is 14.3. The first kappa shape index (κ1) is 35.2. The number of nitriles is 2. The topological polar surface area (TPSA) is 197 Å². The Morgan fingerprint density at radius 2 is 0.967 bits per heavy atom. The summed E-state index contributed by atoms with van der Waals surface area (Å²) < 4.78 is 0. The minimum absolute atomic E-state index is 0. The van der Waals surface area contributed by atoms with Gasteiger partial charge >= 0.3 is 0 Å². The number of hydrogen-bond donors (Lipinski definition) is 4. The number of nitrogens with zero attached hydrogens (tertiary/aromatic N) is 6. The summed E-state index contributed by atoms with van der Waals surface area (Å²) in [5.41, 5.74) is 8.96. The highest BCUT2D eigenvalue weighted by Crippen LogP contribution is 2.15. The fourth-order valence-corrected chi connectivity index (χ4v) is 1.12. The third-order valence-corrected chi connectivity index (χ3v) is 3.71. The molecule has 12 heteroatoms. The quantitative estimate of drug-likeness (QED) is 0.237. The highest BCUT2D eigenvalue weighted by atomic mass is 35.5. The zero-order chi connectivity index (χ0) is 22.7. The van der Waals surface area contributed by atoms with Crippen molar-refractivity contribution in [3.05, 3.63) is 0 Å². The van der Waals surface area contributed by atoms with Crippen LogP contribution in [-0.4, -0.2) is 34.8 Å². The van der Waals surface area contributed by atoms with Crippen LogP contribution in [0.5, 0.6) is 0 Å². The van der Waals surface area contributed by atoms with Gasteiger partial charge in [-0.05, 0) is 39.5 Å². The van der Waals surface area contributed by atoms with E-state index in [4.69, 9.17) is 32.8 Å². The van der Waals surface area contributed by atoms with E-state index in [1.54, 1.807) is 27.7 Å². The maximum absolute atomic E-state index is 8.73. The van der Waals surface area contributed by atoms with Gasteiger partial charge in [0.05, 0.1) is 12.1 Å². The molecule has 0 aromatic carbocycles. The molecular formula is C18H36Cl2N10. The van der Waals surface area contributed by atoms with Crippen molar-refractivity contribution in [2.45, 2.75) is 78.6 Å². The van der Waals surface area contributed by atoms with Crippen molar-refractivity contribution < 1.29 is 0 Å². The molecule has 0 saturated heterocycles. The van der Waals surface area contributed by atoms with Crippen LogP contribution in [0.4, 0.5) is 0 Å². The average molecular weight is 463 g/mol. The molecule has 0 rings (SSSR count). The zero-order valence-electron chi connectivity index (χ0n) is 19.0. The number of nitrogens with one attached hydrogen (secondary N) is 2. The first-order valence-electron chi connectivity index (χ1n) is 8.94. The maximum Gasteiger partial charge on any atom is 0.159 e. The van der Waals surface area contributed by atoms with E-state index in [-0.39, 0.29) is 48.3 Å². The van der Waals surface area contributed by atoms with Crippen LogP contribution in [0, 0.1) is 45.3 Å². The summed E-state index contributed by atoms with van der Waals surface area (Å²) in [7, 11) is 0. The Morgan fingerprint density at radius 3 is 1.10 bits per heavy atom. The number of hydrogen-bond acceptors (Lipinski definition) is 8. The number of halogens is 2. The van der Waals surface area contributed by atoms with Gasteiger partial charge in [-0.2, -0.15) is 31.0 Å². The molecule has 0 saturated carbocycles. The van der Waals surface area contributed by atoms with E-state index < -0.39 is 23.2 Å². The number of amidine groups is 2. The number of rotatable bonds is 8. The van der Waals surface area contributed by atoms with E-state index in [1.807, 2.05) is 27.7 Å². The van der Waals surface area contributed by atoms with Gasteiger partial charge < -0.3 is 11.5 Å². The van der Waals surface area contributed by atoms with Gasteiger partial charge in [0.15, 0.2) is 12.1 Å². The fourth-order valence-electron chi connectivity index (χ4n) is 1.12. The molecule has 6 N–H and O–H groups in total. The minimum atomic E-state index is -0.841. The predicted octanol–water partition coefficient (Wildman–Crippen LogP) is 4.25. The van der Waals surface area contributed by atoms with E-state index in [1.165, 1.54) is 0 Å². The SMILES string of the molecule is CC(C)(N=NC(C)(C)C(=N)N)C(=N)N.CC(C)C(C#N)N=NC(C#N)C(C)C.Cl.Cl. The van der Waals surface area contributed by atoms with Crippen LogP contribution < -0.4 is 11.5 Å². The summed E-state index contributed by atoms with van der Waals surface area (Å²) in [5, 5.41) is 47.5. The first-order valence-corrected chi connectivity index (χ1v) is 8.94. The van der Waals surface area contributed by atoms with Crippen LogP contribution in [0.1, 0.15) is 55.4 Å². The molecule has 0 aromatic rings. The zero-order valence-corrected chi connectivity index (χ0v) is 20.6. The van der Waals surface area contributed by atoms with Crippen LogP contribution in [0.2, 0.25) is 0 Å². The second-order valence-electron chi connectivity index (χ2n) is 8.01. The molecule has 0 aliphatic carbocycles. The molecule has 30 heavy (non-hydrogen) atoms. The van der Waals surface area contributed by atoms with Crippen molar-refractivity contribution in [1.29, 1.82) is 21.3 Å². The van der Waals surface area contributed by atoms with Crippen molar-refractivity contribution in [2.24, 2.45) is 43.8 Å². The van der Waals surface area contributed by atoms with Gasteiger partial charge in [0, 0.05) is 0 Å². The van der Waals surface area contributed by atoms with Crippen molar-refractivity contribution in [3.8, 4) is 12.1 Å². The lowest BCUT2D eigenvalue weighted by molar-refractivity contribution is 0.507. The summed E-state index contributed by atoms with van der Waals surface area (Å²) in [6.07, 6.45) is 0.